The third-order valence-corrected chi connectivity index (χ3v) is 8.25. The first-order chi connectivity index (χ1) is 21.8. The summed E-state index contributed by atoms with van der Waals surface area (Å²) in [6, 6.07) is 15.8. The Kier molecular flexibility index (Phi) is 11.3. The molecule has 4 atom stereocenters. The Morgan fingerprint density at radius 2 is 1.70 bits per heavy atom. The molecule has 2 aromatic carbocycles. The number of fused-ring (bicyclic) bond motifs is 1. The van der Waals surface area contributed by atoms with Crippen molar-refractivity contribution in [1.82, 2.24) is 20.9 Å². The molecule has 10 nitrogen and oxygen atoms in total. The van der Waals surface area contributed by atoms with Gasteiger partial charge in [0, 0.05) is 36.5 Å². The summed E-state index contributed by atoms with van der Waals surface area (Å²) >= 11 is 0. The molecule has 0 spiro atoms. The van der Waals surface area contributed by atoms with Crippen molar-refractivity contribution in [3.05, 3.63) is 71.9 Å². The van der Waals surface area contributed by atoms with Gasteiger partial charge < -0.3 is 30.8 Å². The van der Waals surface area contributed by atoms with Crippen LogP contribution in [0.4, 0.5) is 18.0 Å². The number of ether oxygens (including phenoxy) is 1. The Balaban J connectivity index is 1.57. The lowest BCUT2D eigenvalue weighted by molar-refractivity contribution is -0.207. The maximum absolute atomic E-state index is 14.1. The van der Waals surface area contributed by atoms with Gasteiger partial charge in [-0.3, -0.25) is 14.4 Å². The predicted molar refractivity (Wildman–Crippen MR) is 164 cm³/mol. The molecule has 13 heteroatoms. The molecule has 1 fully saturated rings. The van der Waals surface area contributed by atoms with Crippen LogP contribution >= 0.6 is 0 Å². The van der Waals surface area contributed by atoms with Crippen LogP contribution in [0.15, 0.2) is 60.8 Å². The third kappa shape index (κ3) is 9.48. The van der Waals surface area contributed by atoms with Crippen molar-refractivity contribution in [2.45, 2.75) is 82.2 Å². The van der Waals surface area contributed by atoms with E-state index in [2.05, 4.69) is 20.9 Å². The minimum Gasteiger partial charge on any atom is -0.481 e. The van der Waals surface area contributed by atoms with E-state index in [1.165, 1.54) is 6.92 Å². The first kappa shape index (κ1) is 34.3. The van der Waals surface area contributed by atoms with Gasteiger partial charge in [0.25, 0.3) is 0 Å². The number of aliphatic carboxylic acids is 1. The fourth-order valence-corrected chi connectivity index (χ4v) is 5.81. The van der Waals surface area contributed by atoms with Crippen LogP contribution in [0.1, 0.15) is 56.6 Å². The molecule has 1 heterocycles. The summed E-state index contributed by atoms with van der Waals surface area (Å²) in [5.41, 5.74) is 0.631. The fraction of sp³-hybridized carbons (Fsp3) is 0.455. The molecule has 0 saturated heterocycles. The molecule has 3 amide bonds. The van der Waals surface area contributed by atoms with Gasteiger partial charge in [-0.2, -0.15) is 13.2 Å². The van der Waals surface area contributed by atoms with Crippen molar-refractivity contribution in [3.63, 3.8) is 0 Å². The standard InChI is InChI=1S/C33H39F3N4O6/c1-32(18-22-19-37-26-13-7-5-11-24(22)26,40-31(45)46-27-14-8-6-12-25(27)33(34,35)36)30(44)39-23(17-21-9-3-2-4-10-21)20-38-28(41)15-16-29(42)43/h2-5,7,9-11,13,19,23,25,27,37H,6,8,12,14-18,20H2,1H3,(H,38,41)(H,39,44)(H,40,45)(H,42,43)/t23-,25?,27+,32?/m1/s1. The van der Waals surface area contributed by atoms with Crippen LogP contribution in [0.2, 0.25) is 0 Å². The molecule has 1 aliphatic rings. The van der Waals surface area contributed by atoms with Crippen molar-refractivity contribution < 1.29 is 42.2 Å². The van der Waals surface area contributed by atoms with Gasteiger partial charge in [0.1, 0.15) is 11.6 Å². The van der Waals surface area contributed by atoms with Crippen molar-refractivity contribution in [3.8, 4) is 0 Å². The molecule has 0 aliphatic heterocycles. The zero-order valence-corrected chi connectivity index (χ0v) is 25.5. The number of halogens is 3. The number of benzene rings is 2. The number of aromatic nitrogens is 1. The quantitative estimate of drug-likeness (QED) is 0.176. The van der Waals surface area contributed by atoms with Gasteiger partial charge in [-0.25, -0.2) is 4.79 Å². The van der Waals surface area contributed by atoms with Gasteiger partial charge in [-0.05, 0) is 49.8 Å². The van der Waals surface area contributed by atoms with Crippen LogP contribution in [0, 0.1) is 5.92 Å². The van der Waals surface area contributed by atoms with Crippen molar-refractivity contribution in [1.29, 1.82) is 0 Å². The average Bonchev–Trinajstić information content (AvgIpc) is 3.41. The lowest BCUT2D eigenvalue weighted by Crippen LogP contribution is -2.61. The molecular formula is C33H39F3N4O6. The van der Waals surface area contributed by atoms with Gasteiger partial charge in [-0.15, -0.1) is 0 Å². The minimum absolute atomic E-state index is 0.0334. The number of para-hydroxylation sites is 1. The normalized spacial score (nSPS) is 18.6. The van der Waals surface area contributed by atoms with Crippen molar-refractivity contribution in [2.24, 2.45) is 5.92 Å². The molecule has 4 rings (SSSR count). The SMILES string of the molecule is CC(Cc1c[nH]c2ccccc12)(NC(=O)O[C@H]1CCCCC1C(F)(F)F)C(=O)N[C@@H](CNC(=O)CCC(=O)O)Cc1ccccc1. The highest BCUT2D eigenvalue weighted by molar-refractivity contribution is 5.92. The smallest absolute Gasteiger partial charge is 0.408 e. The van der Waals surface area contributed by atoms with Crippen LogP contribution in [-0.2, 0) is 32.0 Å². The number of amides is 3. The van der Waals surface area contributed by atoms with E-state index in [-0.39, 0.29) is 45.1 Å². The number of hydrogen-bond donors (Lipinski definition) is 5. The first-order valence-corrected chi connectivity index (χ1v) is 15.3. The molecule has 1 aromatic heterocycles. The Bertz CT molecular complexity index is 1510. The van der Waals surface area contributed by atoms with E-state index in [4.69, 9.17) is 9.84 Å². The van der Waals surface area contributed by atoms with Gasteiger partial charge in [0.15, 0.2) is 0 Å². The number of aromatic amines is 1. The van der Waals surface area contributed by atoms with E-state index in [0.29, 0.717) is 18.4 Å². The molecule has 2 unspecified atom stereocenters. The average molecular weight is 645 g/mol. The Hall–Kier alpha value is -4.55. The third-order valence-electron chi connectivity index (χ3n) is 8.25. The Morgan fingerprint density at radius 1 is 1.00 bits per heavy atom. The fourth-order valence-electron chi connectivity index (χ4n) is 5.81. The van der Waals surface area contributed by atoms with Gasteiger partial charge in [0.05, 0.1) is 18.4 Å². The molecule has 248 valence electrons. The number of carbonyl (C=O) groups excluding carboxylic acids is 3. The number of H-pyrrole nitrogens is 1. The summed E-state index contributed by atoms with van der Waals surface area (Å²) in [4.78, 5) is 53.6. The molecule has 46 heavy (non-hydrogen) atoms. The largest absolute Gasteiger partial charge is 0.481 e. The van der Waals surface area contributed by atoms with Crippen molar-refractivity contribution >= 4 is 34.8 Å². The summed E-state index contributed by atoms with van der Waals surface area (Å²) in [5, 5.41) is 17.8. The highest BCUT2D eigenvalue weighted by Crippen LogP contribution is 2.39. The molecule has 1 saturated carbocycles. The van der Waals surface area contributed by atoms with E-state index in [1.807, 2.05) is 54.6 Å². The maximum Gasteiger partial charge on any atom is 0.408 e. The van der Waals surface area contributed by atoms with E-state index in [1.54, 1.807) is 6.20 Å². The second-order valence-electron chi connectivity index (χ2n) is 11.9. The van der Waals surface area contributed by atoms with Gasteiger partial charge >= 0.3 is 18.2 Å². The van der Waals surface area contributed by atoms with E-state index < -0.39 is 53.7 Å². The number of rotatable bonds is 13. The molecule has 0 radical (unpaired) electrons. The zero-order valence-electron chi connectivity index (χ0n) is 25.5. The monoisotopic (exact) mass is 644 g/mol. The molecule has 5 N–H and O–H groups in total. The molecule has 0 bridgehead atoms. The highest BCUT2D eigenvalue weighted by Gasteiger charge is 2.48. The number of carboxylic acid groups (broad SMARTS) is 1. The minimum atomic E-state index is -4.53. The predicted octanol–water partition coefficient (Wildman–Crippen LogP) is 5.02. The summed E-state index contributed by atoms with van der Waals surface area (Å²) < 4.78 is 46.5. The Labute approximate surface area is 264 Å². The highest BCUT2D eigenvalue weighted by atomic mass is 19.4. The summed E-state index contributed by atoms with van der Waals surface area (Å²) in [7, 11) is 0. The number of hydrogen-bond acceptors (Lipinski definition) is 5. The summed E-state index contributed by atoms with van der Waals surface area (Å²) in [6.07, 6.45) is -4.91. The lowest BCUT2D eigenvalue weighted by Gasteiger charge is -2.35. The van der Waals surface area contributed by atoms with Gasteiger partial charge in [0.2, 0.25) is 11.8 Å². The second kappa shape index (κ2) is 15.2. The van der Waals surface area contributed by atoms with Crippen LogP contribution in [0.5, 0.6) is 0 Å². The van der Waals surface area contributed by atoms with Crippen LogP contribution in [-0.4, -0.2) is 64.4 Å². The molecule has 1 aliphatic carbocycles. The van der Waals surface area contributed by atoms with Crippen LogP contribution < -0.4 is 16.0 Å². The summed E-state index contributed by atoms with van der Waals surface area (Å²) in [5.74, 6) is -4.07. The number of carboxylic acids is 1. The maximum atomic E-state index is 14.1. The molecular weight excluding hydrogens is 605 g/mol. The number of alkyl halides is 3. The van der Waals surface area contributed by atoms with Crippen molar-refractivity contribution in [2.75, 3.05) is 6.54 Å². The first-order valence-electron chi connectivity index (χ1n) is 15.3. The van der Waals surface area contributed by atoms with E-state index in [9.17, 15) is 32.3 Å². The van der Waals surface area contributed by atoms with Gasteiger partial charge in [-0.1, -0.05) is 55.0 Å². The van der Waals surface area contributed by atoms with E-state index in [0.717, 1.165) is 16.5 Å². The lowest BCUT2D eigenvalue weighted by atomic mass is 9.86. The number of alkyl carbamates (subject to hydrolysis) is 1. The second-order valence-corrected chi connectivity index (χ2v) is 11.9. The van der Waals surface area contributed by atoms with E-state index >= 15 is 0 Å². The number of carbonyl (C=O) groups is 4. The van der Waals surface area contributed by atoms with Crippen LogP contribution in [0.25, 0.3) is 10.9 Å². The Morgan fingerprint density at radius 3 is 2.41 bits per heavy atom. The zero-order chi connectivity index (χ0) is 33.3. The summed E-state index contributed by atoms with van der Waals surface area (Å²) in [6.45, 7) is 1.43. The van der Waals surface area contributed by atoms with Crippen LogP contribution in [0.3, 0.4) is 0 Å². The topological polar surface area (TPSA) is 150 Å². The number of nitrogens with one attached hydrogen (secondary N) is 4. The molecule has 3 aromatic rings.